The average molecular weight is 416 g/mol. The van der Waals surface area contributed by atoms with Gasteiger partial charge >= 0.3 is 5.97 Å². The largest absolute Gasteiger partial charge is 0.481 e. The number of carbonyl (C=O) groups excluding carboxylic acids is 5. The van der Waals surface area contributed by atoms with E-state index in [0.717, 1.165) is 4.90 Å². The zero-order valence-electron chi connectivity index (χ0n) is 15.9. The Labute approximate surface area is 170 Å². The van der Waals surface area contributed by atoms with Crippen LogP contribution in [0.3, 0.4) is 0 Å². The number of piperidine rings is 1. The van der Waals surface area contributed by atoms with Gasteiger partial charge in [-0.2, -0.15) is 0 Å². The Bertz CT molecular complexity index is 943. The van der Waals surface area contributed by atoms with Gasteiger partial charge in [0.2, 0.25) is 17.7 Å². The molecule has 5 amide bonds. The minimum absolute atomic E-state index is 0.0399. The van der Waals surface area contributed by atoms with Gasteiger partial charge in [-0.05, 0) is 31.0 Å². The first-order valence-electron chi connectivity index (χ1n) is 9.36. The van der Waals surface area contributed by atoms with Crippen molar-refractivity contribution in [2.24, 2.45) is 0 Å². The van der Waals surface area contributed by atoms with Crippen molar-refractivity contribution in [3.63, 3.8) is 0 Å². The molecule has 2 aliphatic rings. The molecule has 0 radical (unpaired) electrons. The maximum absolute atomic E-state index is 12.7. The van der Waals surface area contributed by atoms with Crippen LogP contribution in [0.5, 0.6) is 0 Å². The normalized spacial score (nSPS) is 18.1. The predicted molar refractivity (Wildman–Crippen MR) is 101 cm³/mol. The molecule has 4 N–H and O–H groups in total. The third-order valence-electron chi connectivity index (χ3n) is 4.78. The van der Waals surface area contributed by atoms with E-state index in [-0.39, 0.29) is 49.4 Å². The van der Waals surface area contributed by atoms with Gasteiger partial charge < -0.3 is 15.7 Å². The van der Waals surface area contributed by atoms with Crippen molar-refractivity contribution in [3.05, 3.63) is 29.3 Å². The summed E-state index contributed by atoms with van der Waals surface area (Å²) in [6, 6.07) is 3.37. The van der Waals surface area contributed by atoms with Crippen LogP contribution >= 0.6 is 0 Å². The fraction of sp³-hybridized carbons (Fsp3) is 0.368. The number of imide groups is 2. The molecule has 11 nitrogen and oxygen atoms in total. The van der Waals surface area contributed by atoms with Gasteiger partial charge in [-0.3, -0.25) is 39.0 Å². The number of hydrogen-bond donors (Lipinski definition) is 4. The Hall–Kier alpha value is -3.76. The van der Waals surface area contributed by atoms with E-state index in [1.54, 1.807) is 0 Å². The summed E-state index contributed by atoms with van der Waals surface area (Å²) in [5, 5.41) is 16.1. The van der Waals surface area contributed by atoms with Gasteiger partial charge in [0.05, 0.1) is 17.7 Å². The highest BCUT2D eigenvalue weighted by molar-refractivity contribution is 6.23. The summed E-state index contributed by atoms with van der Waals surface area (Å²) >= 11 is 0. The van der Waals surface area contributed by atoms with E-state index < -0.39 is 35.6 Å². The first-order chi connectivity index (χ1) is 14.3. The molecule has 0 spiro atoms. The lowest BCUT2D eigenvalue weighted by atomic mass is 10.0. The average Bonchev–Trinajstić information content (AvgIpc) is 2.94. The van der Waals surface area contributed by atoms with Crippen molar-refractivity contribution >= 4 is 41.2 Å². The fourth-order valence-corrected chi connectivity index (χ4v) is 3.29. The number of benzene rings is 1. The predicted octanol–water partition coefficient (Wildman–Crippen LogP) is -0.519. The second-order valence-electron chi connectivity index (χ2n) is 6.91. The third kappa shape index (κ3) is 4.45. The lowest BCUT2D eigenvalue weighted by Gasteiger charge is -2.27. The number of nitrogens with zero attached hydrogens (tertiary/aromatic N) is 1. The molecule has 2 aliphatic heterocycles. The van der Waals surface area contributed by atoms with E-state index in [1.807, 2.05) is 0 Å². The summed E-state index contributed by atoms with van der Waals surface area (Å²) in [7, 11) is 0. The number of carboxylic acids is 1. The molecule has 1 atom stereocenters. The van der Waals surface area contributed by atoms with E-state index in [9.17, 15) is 28.8 Å². The van der Waals surface area contributed by atoms with Gasteiger partial charge in [-0.1, -0.05) is 0 Å². The number of nitrogens with one attached hydrogen (secondary N) is 3. The minimum atomic E-state index is -1.04. The smallest absolute Gasteiger partial charge is 0.303 e. The number of hydrogen-bond acceptors (Lipinski definition) is 7. The number of rotatable bonds is 8. The van der Waals surface area contributed by atoms with Crippen molar-refractivity contribution in [1.82, 2.24) is 15.5 Å². The van der Waals surface area contributed by atoms with E-state index in [1.165, 1.54) is 18.2 Å². The Kier molecular flexibility index (Phi) is 6.09. The van der Waals surface area contributed by atoms with Gasteiger partial charge in [-0.15, -0.1) is 0 Å². The maximum atomic E-state index is 12.7. The molecule has 1 aromatic carbocycles. The highest BCUT2D eigenvalue weighted by Crippen LogP contribution is 2.29. The molecule has 1 unspecified atom stereocenters. The van der Waals surface area contributed by atoms with Crippen molar-refractivity contribution in [2.75, 3.05) is 18.4 Å². The molecule has 0 bridgehead atoms. The van der Waals surface area contributed by atoms with Crippen LogP contribution in [0.2, 0.25) is 0 Å². The molecule has 3 rings (SSSR count). The van der Waals surface area contributed by atoms with Crippen LogP contribution in [0, 0.1) is 0 Å². The zero-order chi connectivity index (χ0) is 21.8. The van der Waals surface area contributed by atoms with Crippen LogP contribution in [0.4, 0.5) is 5.69 Å². The van der Waals surface area contributed by atoms with E-state index >= 15 is 0 Å². The first kappa shape index (κ1) is 21.0. The summed E-state index contributed by atoms with van der Waals surface area (Å²) in [5.41, 5.74) is 0.686. The molecule has 0 saturated carbocycles. The summed E-state index contributed by atoms with van der Waals surface area (Å²) < 4.78 is 0. The van der Waals surface area contributed by atoms with E-state index in [4.69, 9.17) is 5.11 Å². The molecule has 30 heavy (non-hydrogen) atoms. The first-order valence-corrected chi connectivity index (χ1v) is 9.36. The van der Waals surface area contributed by atoms with E-state index in [0.29, 0.717) is 12.1 Å². The molecule has 2 heterocycles. The molecule has 11 heteroatoms. The number of anilines is 1. The SMILES string of the molecule is O=C(O)CCCNC(=O)CNc1ccc2c(c1)C(=O)N(C1CCC(=O)NC1=O)C2=O. The number of amides is 5. The monoisotopic (exact) mass is 416 g/mol. The van der Waals surface area contributed by atoms with Crippen LogP contribution in [0.15, 0.2) is 18.2 Å². The molecule has 158 valence electrons. The number of carbonyl (C=O) groups is 6. The Morgan fingerprint density at radius 2 is 1.87 bits per heavy atom. The lowest BCUT2D eigenvalue weighted by molar-refractivity contribution is -0.138. The summed E-state index contributed by atoms with van der Waals surface area (Å²) in [6.45, 7) is 0.121. The lowest BCUT2D eigenvalue weighted by Crippen LogP contribution is -2.54. The molecule has 1 aromatic rings. The second kappa shape index (κ2) is 8.72. The van der Waals surface area contributed by atoms with Crippen LogP contribution in [-0.4, -0.2) is 64.6 Å². The van der Waals surface area contributed by atoms with Crippen molar-refractivity contribution in [2.45, 2.75) is 31.7 Å². The quantitative estimate of drug-likeness (QED) is 0.325. The number of aliphatic carboxylic acids is 1. The van der Waals surface area contributed by atoms with Gasteiger partial charge in [0.15, 0.2) is 0 Å². The van der Waals surface area contributed by atoms with Gasteiger partial charge in [0, 0.05) is 25.1 Å². The minimum Gasteiger partial charge on any atom is -0.481 e. The zero-order valence-corrected chi connectivity index (χ0v) is 15.9. The Morgan fingerprint density at radius 1 is 1.13 bits per heavy atom. The topological polar surface area (TPSA) is 162 Å². The molecular weight excluding hydrogens is 396 g/mol. The molecule has 0 aliphatic carbocycles. The summed E-state index contributed by atoms with van der Waals surface area (Å²) in [4.78, 5) is 71.8. The molecular formula is C19H20N4O7. The summed E-state index contributed by atoms with van der Waals surface area (Å²) in [5.74, 6) is -3.66. The summed E-state index contributed by atoms with van der Waals surface area (Å²) in [6.07, 6.45) is 0.381. The maximum Gasteiger partial charge on any atom is 0.303 e. The molecule has 1 saturated heterocycles. The second-order valence-corrected chi connectivity index (χ2v) is 6.91. The molecule has 1 fully saturated rings. The van der Waals surface area contributed by atoms with Gasteiger partial charge in [0.1, 0.15) is 6.04 Å². The van der Waals surface area contributed by atoms with Gasteiger partial charge in [-0.25, -0.2) is 0 Å². The number of carboxylic acid groups (broad SMARTS) is 1. The number of fused-ring (bicyclic) bond motifs is 1. The van der Waals surface area contributed by atoms with Crippen molar-refractivity contribution < 1.29 is 33.9 Å². The highest BCUT2D eigenvalue weighted by Gasteiger charge is 2.44. The van der Waals surface area contributed by atoms with Gasteiger partial charge in [0.25, 0.3) is 11.8 Å². The Balaban J connectivity index is 1.61. The Morgan fingerprint density at radius 3 is 2.57 bits per heavy atom. The van der Waals surface area contributed by atoms with Crippen LogP contribution < -0.4 is 16.0 Å². The van der Waals surface area contributed by atoms with Crippen molar-refractivity contribution in [1.29, 1.82) is 0 Å². The van der Waals surface area contributed by atoms with Crippen molar-refractivity contribution in [3.8, 4) is 0 Å². The van der Waals surface area contributed by atoms with Crippen LogP contribution in [0.1, 0.15) is 46.4 Å². The van der Waals surface area contributed by atoms with E-state index in [2.05, 4.69) is 16.0 Å². The standard InChI is InChI=1S/C19H20N4O7/c24-14-6-5-13(17(28)22-14)23-18(29)11-4-3-10(8-12(11)19(23)30)21-9-15(25)20-7-1-2-16(26)27/h3-4,8,13,21H,1-2,5-7,9H2,(H,20,25)(H,26,27)(H,22,24,28). The van der Waals surface area contributed by atoms with Crippen LogP contribution in [0.25, 0.3) is 0 Å². The third-order valence-corrected chi connectivity index (χ3v) is 4.78. The van der Waals surface area contributed by atoms with Crippen LogP contribution in [-0.2, 0) is 19.2 Å². The highest BCUT2D eigenvalue weighted by atomic mass is 16.4. The fourth-order valence-electron chi connectivity index (χ4n) is 3.29. The molecule has 0 aromatic heterocycles.